The van der Waals surface area contributed by atoms with Gasteiger partial charge >= 0.3 is 5.97 Å². The summed E-state index contributed by atoms with van der Waals surface area (Å²) in [7, 11) is 0. The minimum absolute atomic E-state index is 0.0481. The number of nitro groups is 1. The Balaban J connectivity index is 1.94. The van der Waals surface area contributed by atoms with Crippen molar-refractivity contribution in [1.29, 1.82) is 0 Å². The Bertz CT molecular complexity index is 919. The molecule has 0 bridgehead atoms. The number of nitrogens with zero attached hydrogens (tertiary/aromatic N) is 2. The molecule has 0 aliphatic carbocycles. The highest BCUT2D eigenvalue weighted by atomic mass is 16.6. The number of amides is 2. The SMILES string of the molecule is CCN(CC(=O)NC(C)C)C(=O)COC(=O)c1ccc(-c2ccc([N+](=O)[O-])cc2)o1. The van der Waals surface area contributed by atoms with Crippen LogP contribution in [0.5, 0.6) is 0 Å². The summed E-state index contributed by atoms with van der Waals surface area (Å²) in [5, 5.41) is 13.4. The van der Waals surface area contributed by atoms with Crippen LogP contribution in [0.15, 0.2) is 40.8 Å². The van der Waals surface area contributed by atoms with Crippen molar-refractivity contribution in [1.82, 2.24) is 10.2 Å². The van der Waals surface area contributed by atoms with Crippen LogP contribution in [0.4, 0.5) is 5.69 Å². The second kappa shape index (κ2) is 10.2. The molecule has 0 atom stereocenters. The van der Waals surface area contributed by atoms with Gasteiger partial charge < -0.3 is 19.4 Å². The minimum atomic E-state index is -0.834. The maximum atomic E-state index is 12.2. The first kappa shape index (κ1) is 22.6. The number of likely N-dealkylation sites (N-methyl/N-ethyl adjacent to an activating group) is 1. The molecule has 0 radical (unpaired) electrons. The predicted octanol–water partition coefficient (Wildman–Crippen LogP) is 2.38. The van der Waals surface area contributed by atoms with Crippen LogP contribution in [-0.4, -0.2) is 53.3 Å². The second-order valence-corrected chi connectivity index (χ2v) is 6.67. The van der Waals surface area contributed by atoms with E-state index in [9.17, 15) is 24.5 Å². The molecule has 0 spiro atoms. The summed E-state index contributed by atoms with van der Waals surface area (Å²) < 4.78 is 10.4. The van der Waals surface area contributed by atoms with Crippen molar-refractivity contribution in [2.45, 2.75) is 26.8 Å². The fourth-order valence-electron chi connectivity index (χ4n) is 2.56. The number of non-ortho nitro benzene ring substituents is 1. The second-order valence-electron chi connectivity index (χ2n) is 6.67. The number of hydrogen-bond acceptors (Lipinski definition) is 7. The first-order chi connectivity index (χ1) is 14.2. The van der Waals surface area contributed by atoms with Gasteiger partial charge in [0, 0.05) is 30.3 Å². The first-order valence-corrected chi connectivity index (χ1v) is 9.30. The summed E-state index contributed by atoms with van der Waals surface area (Å²) >= 11 is 0. The molecule has 1 heterocycles. The monoisotopic (exact) mass is 417 g/mol. The summed E-state index contributed by atoms with van der Waals surface area (Å²) in [6.07, 6.45) is 0. The Morgan fingerprint density at radius 1 is 1.17 bits per heavy atom. The smallest absolute Gasteiger partial charge is 0.374 e. The highest BCUT2D eigenvalue weighted by Gasteiger charge is 2.20. The number of carbonyl (C=O) groups is 3. The summed E-state index contributed by atoms with van der Waals surface area (Å²) in [4.78, 5) is 47.7. The molecular formula is C20H23N3O7. The molecule has 2 rings (SSSR count). The van der Waals surface area contributed by atoms with Gasteiger partial charge in [0.1, 0.15) is 5.76 Å². The third-order valence-corrected chi connectivity index (χ3v) is 4.02. The maximum Gasteiger partial charge on any atom is 0.374 e. The Morgan fingerprint density at radius 3 is 2.40 bits per heavy atom. The number of nitrogens with one attached hydrogen (secondary N) is 1. The third-order valence-electron chi connectivity index (χ3n) is 4.02. The Kier molecular flexibility index (Phi) is 7.68. The number of esters is 1. The van der Waals surface area contributed by atoms with Crippen LogP contribution in [-0.2, 0) is 14.3 Å². The van der Waals surface area contributed by atoms with Crippen LogP contribution in [0.2, 0.25) is 0 Å². The molecule has 1 N–H and O–H groups in total. The van der Waals surface area contributed by atoms with E-state index in [4.69, 9.17) is 9.15 Å². The van der Waals surface area contributed by atoms with Crippen molar-refractivity contribution in [2.75, 3.05) is 19.7 Å². The zero-order valence-electron chi connectivity index (χ0n) is 16.9. The Labute approximate surface area is 172 Å². The number of ether oxygens (including phenoxy) is 1. The normalized spacial score (nSPS) is 10.5. The zero-order valence-corrected chi connectivity index (χ0v) is 16.9. The Hall–Kier alpha value is -3.69. The molecule has 2 amide bonds. The van der Waals surface area contributed by atoms with Crippen molar-refractivity contribution >= 4 is 23.5 Å². The largest absolute Gasteiger partial charge is 0.450 e. The standard InChI is InChI=1S/C20H23N3O7/c1-4-22(11-18(24)21-13(2)3)19(25)12-29-20(26)17-10-9-16(30-17)14-5-7-15(8-6-14)23(27)28/h5-10,13H,4,11-12H2,1-3H3,(H,21,24). The van der Waals surface area contributed by atoms with E-state index in [1.54, 1.807) is 6.92 Å². The van der Waals surface area contributed by atoms with Gasteiger partial charge in [0.25, 0.3) is 11.6 Å². The molecule has 1 aromatic carbocycles. The van der Waals surface area contributed by atoms with Gasteiger partial charge in [0.15, 0.2) is 6.61 Å². The van der Waals surface area contributed by atoms with E-state index in [2.05, 4.69) is 5.32 Å². The zero-order chi connectivity index (χ0) is 22.3. The average molecular weight is 417 g/mol. The number of hydrogen-bond donors (Lipinski definition) is 1. The summed E-state index contributed by atoms with van der Waals surface area (Å²) in [6.45, 7) is 4.96. The number of benzene rings is 1. The molecule has 2 aromatic rings. The van der Waals surface area contributed by atoms with E-state index >= 15 is 0 Å². The van der Waals surface area contributed by atoms with Crippen molar-refractivity contribution < 1.29 is 28.5 Å². The lowest BCUT2D eigenvalue weighted by Gasteiger charge is -2.20. The summed E-state index contributed by atoms with van der Waals surface area (Å²) in [5.74, 6) is -1.43. The van der Waals surface area contributed by atoms with Crippen molar-refractivity contribution in [3.05, 3.63) is 52.3 Å². The van der Waals surface area contributed by atoms with E-state index in [0.29, 0.717) is 11.3 Å². The number of nitro benzene ring substituents is 1. The molecule has 0 saturated heterocycles. The van der Waals surface area contributed by atoms with Gasteiger partial charge in [-0.05, 0) is 45.0 Å². The van der Waals surface area contributed by atoms with Gasteiger partial charge in [-0.3, -0.25) is 19.7 Å². The van der Waals surface area contributed by atoms with Crippen LogP contribution in [0.3, 0.4) is 0 Å². The topological polar surface area (TPSA) is 132 Å². The van der Waals surface area contributed by atoms with Crippen LogP contribution >= 0.6 is 0 Å². The van der Waals surface area contributed by atoms with E-state index in [-0.39, 0.29) is 36.5 Å². The van der Waals surface area contributed by atoms with E-state index in [1.165, 1.54) is 41.3 Å². The highest BCUT2D eigenvalue weighted by Crippen LogP contribution is 2.24. The van der Waals surface area contributed by atoms with Crippen molar-refractivity contribution in [3.63, 3.8) is 0 Å². The van der Waals surface area contributed by atoms with E-state index < -0.39 is 23.4 Å². The molecule has 0 unspecified atom stereocenters. The molecule has 0 saturated carbocycles. The van der Waals surface area contributed by atoms with Gasteiger partial charge in [-0.2, -0.15) is 0 Å². The van der Waals surface area contributed by atoms with E-state index in [0.717, 1.165) is 0 Å². The fraction of sp³-hybridized carbons (Fsp3) is 0.350. The number of carbonyl (C=O) groups excluding carboxylic acids is 3. The first-order valence-electron chi connectivity index (χ1n) is 9.30. The van der Waals surface area contributed by atoms with E-state index in [1.807, 2.05) is 13.8 Å². The number of furan rings is 1. The summed E-state index contributed by atoms with van der Waals surface area (Å²) in [6, 6.07) is 8.50. The van der Waals surface area contributed by atoms with Crippen LogP contribution < -0.4 is 5.32 Å². The lowest BCUT2D eigenvalue weighted by molar-refractivity contribution is -0.384. The van der Waals surface area contributed by atoms with Gasteiger partial charge in [-0.15, -0.1) is 0 Å². The quantitative estimate of drug-likeness (QED) is 0.376. The lowest BCUT2D eigenvalue weighted by Crippen LogP contribution is -2.44. The van der Waals surface area contributed by atoms with Crippen LogP contribution in [0, 0.1) is 10.1 Å². The van der Waals surface area contributed by atoms with Gasteiger partial charge in [0.05, 0.1) is 11.5 Å². The molecule has 0 aliphatic rings. The highest BCUT2D eigenvalue weighted by molar-refractivity contribution is 5.90. The average Bonchev–Trinajstić information content (AvgIpc) is 3.19. The van der Waals surface area contributed by atoms with Crippen molar-refractivity contribution in [2.24, 2.45) is 0 Å². The molecule has 0 fully saturated rings. The van der Waals surface area contributed by atoms with Crippen LogP contribution in [0.25, 0.3) is 11.3 Å². The molecule has 30 heavy (non-hydrogen) atoms. The molecule has 0 aliphatic heterocycles. The molecule has 10 heteroatoms. The van der Waals surface area contributed by atoms with Crippen molar-refractivity contribution in [3.8, 4) is 11.3 Å². The van der Waals surface area contributed by atoms with Gasteiger partial charge in [-0.25, -0.2) is 4.79 Å². The van der Waals surface area contributed by atoms with Gasteiger partial charge in [0.2, 0.25) is 11.7 Å². The molecule has 1 aromatic heterocycles. The predicted molar refractivity (Wildman–Crippen MR) is 107 cm³/mol. The Morgan fingerprint density at radius 2 is 1.83 bits per heavy atom. The third kappa shape index (κ3) is 6.16. The molecule has 10 nitrogen and oxygen atoms in total. The van der Waals surface area contributed by atoms with Gasteiger partial charge in [-0.1, -0.05) is 0 Å². The fourth-order valence-corrected chi connectivity index (χ4v) is 2.56. The summed E-state index contributed by atoms with van der Waals surface area (Å²) in [5.41, 5.74) is 0.482. The molecule has 160 valence electrons. The molecular weight excluding hydrogens is 394 g/mol. The minimum Gasteiger partial charge on any atom is -0.450 e. The number of rotatable bonds is 9. The van der Waals surface area contributed by atoms with Crippen LogP contribution in [0.1, 0.15) is 31.3 Å². The lowest BCUT2D eigenvalue weighted by atomic mass is 10.1. The maximum absolute atomic E-state index is 12.2.